The number of hydrogen-bond donors (Lipinski definition) is 2. The second-order valence-electron chi connectivity index (χ2n) is 3.36. The molecule has 1 amide bonds. The predicted octanol–water partition coefficient (Wildman–Crippen LogP) is 1.54. The molecule has 0 aliphatic carbocycles. The number of ether oxygens (including phenoxy) is 1. The number of nitrogens with one attached hydrogen (secondary N) is 1. The minimum atomic E-state index is -4.42. The summed E-state index contributed by atoms with van der Waals surface area (Å²) in [6, 6.07) is 4.14. The van der Waals surface area contributed by atoms with Crippen molar-refractivity contribution in [1.29, 1.82) is 0 Å². The molecule has 0 radical (unpaired) electrons. The number of halogens is 3. The molecule has 94 valence electrons. The topological polar surface area (TPSA) is 64.4 Å². The third kappa shape index (κ3) is 3.95. The van der Waals surface area contributed by atoms with Gasteiger partial charge in [-0.1, -0.05) is 6.07 Å². The summed E-state index contributed by atoms with van der Waals surface area (Å²) in [5, 5.41) is 0. The summed E-state index contributed by atoms with van der Waals surface area (Å²) in [4.78, 5) is 11.2. The molecular formula is C10H11F3N2O2. The lowest BCUT2D eigenvalue weighted by Crippen LogP contribution is -2.30. The van der Waals surface area contributed by atoms with Crippen LogP contribution in [0.25, 0.3) is 0 Å². The number of amides is 1. The molecular weight excluding hydrogens is 237 g/mol. The molecule has 0 unspecified atom stereocenters. The molecule has 1 aromatic carbocycles. The van der Waals surface area contributed by atoms with E-state index in [1.165, 1.54) is 18.2 Å². The van der Waals surface area contributed by atoms with E-state index < -0.39 is 18.7 Å². The van der Waals surface area contributed by atoms with E-state index in [4.69, 9.17) is 5.84 Å². The van der Waals surface area contributed by atoms with Crippen molar-refractivity contribution in [3.05, 3.63) is 29.3 Å². The first-order valence-electron chi connectivity index (χ1n) is 4.64. The number of benzene rings is 1. The zero-order valence-corrected chi connectivity index (χ0v) is 8.97. The number of hydrogen-bond acceptors (Lipinski definition) is 3. The van der Waals surface area contributed by atoms with Gasteiger partial charge in [-0.15, -0.1) is 0 Å². The van der Waals surface area contributed by atoms with E-state index >= 15 is 0 Å². The smallest absolute Gasteiger partial charge is 0.422 e. The van der Waals surface area contributed by atoms with E-state index in [-0.39, 0.29) is 11.3 Å². The van der Waals surface area contributed by atoms with E-state index in [0.717, 1.165) is 0 Å². The van der Waals surface area contributed by atoms with E-state index in [1.54, 1.807) is 6.92 Å². The van der Waals surface area contributed by atoms with Crippen LogP contribution in [0.4, 0.5) is 13.2 Å². The Bertz CT molecular complexity index is 419. The van der Waals surface area contributed by atoms with Crippen LogP contribution in [0.2, 0.25) is 0 Å². The molecule has 0 aromatic heterocycles. The number of carbonyl (C=O) groups is 1. The van der Waals surface area contributed by atoms with Gasteiger partial charge in [0.2, 0.25) is 0 Å². The summed E-state index contributed by atoms with van der Waals surface area (Å²) < 4.78 is 40.5. The summed E-state index contributed by atoms with van der Waals surface area (Å²) in [5.41, 5.74) is 2.52. The molecule has 7 heteroatoms. The standard InChI is InChI=1S/C10H11F3N2O2/c1-6-2-3-7(9(16)15-14)4-8(6)17-5-10(11,12)13/h2-4H,5,14H2,1H3,(H,15,16). The van der Waals surface area contributed by atoms with Crippen LogP contribution in [0.1, 0.15) is 15.9 Å². The van der Waals surface area contributed by atoms with Crippen LogP contribution >= 0.6 is 0 Å². The second-order valence-corrected chi connectivity index (χ2v) is 3.36. The van der Waals surface area contributed by atoms with Crippen LogP contribution in [0.15, 0.2) is 18.2 Å². The number of alkyl halides is 3. The number of hydrazine groups is 1. The molecule has 0 atom stereocenters. The number of carbonyl (C=O) groups excluding carboxylic acids is 1. The molecule has 0 bridgehead atoms. The fourth-order valence-corrected chi connectivity index (χ4v) is 1.14. The van der Waals surface area contributed by atoms with Gasteiger partial charge in [-0.25, -0.2) is 5.84 Å². The Morgan fingerprint density at radius 2 is 2.12 bits per heavy atom. The highest BCUT2D eigenvalue weighted by atomic mass is 19.4. The van der Waals surface area contributed by atoms with Gasteiger partial charge < -0.3 is 4.74 Å². The largest absolute Gasteiger partial charge is 0.484 e. The Kier molecular flexibility index (Phi) is 3.95. The third-order valence-corrected chi connectivity index (χ3v) is 1.97. The molecule has 0 spiro atoms. The molecule has 0 saturated heterocycles. The van der Waals surface area contributed by atoms with Gasteiger partial charge in [0.15, 0.2) is 6.61 Å². The van der Waals surface area contributed by atoms with Crippen molar-refractivity contribution in [3.8, 4) is 5.75 Å². The van der Waals surface area contributed by atoms with Crippen molar-refractivity contribution in [2.45, 2.75) is 13.1 Å². The zero-order valence-electron chi connectivity index (χ0n) is 8.97. The highest BCUT2D eigenvalue weighted by molar-refractivity contribution is 5.94. The lowest BCUT2D eigenvalue weighted by atomic mass is 10.1. The van der Waals surface area contributed by atoms with E-state index in [1.807, 2.05) is 5.43 Å². The lowest BCUT2D eigenvalue weighted by molar-refractivity contribution is -0.153. The van der Waals surface area contributed by atoms with Gasteiger partial charge in [-0.3, -0.25) is 10.2 Å². The van der Waals surface area contributed by atoms with Crippen molar-refractivity contribution in [2.24, 2.45) is 5.84 Å². The van der Waals surface area contributed by atoms with Crippen molar-refractivity contribution in [2.75, 3.05) is 6.61 Å². The second kappa shape index (κ2) is 5.05. The monoisotopic (exact) mass is 248 g/mol. The molecule has 4 nitrogen and oxygen atoms in total. The molecule has 17 heavy (non-hydrogen) atoms. The molecule has 0 fully saturated rings. The average Bonchev–Trinajstić information content (AvgIpc) is 2.26. The number of aryl methyl sites for hydroxylation is 1. The molecule has 0 heterocycles. The zero-order chi connectivity index (χ0) is 13.1. The Morgan fingerprint density at radius 3 is 2.65 bits per heavy atom. The normalized spacial score (nSPS) is 11.1. The summed E-state index contributed by atoms with van der Waals surface area (Å²) >= 11 is 0. The molecule has 1 aromatic rings. The van der Waals surface area contributed by atoms with E-state index in [0.29, 0.717) is 5.56 Å². The van der Waals surface area contributed by atoms with Crippen LogP contribution in [0, 0.1) is 6.92 Å². The van der Waals surface area contributed by atoms with Crippen LogP contribution in [0.3, 0.4) is 0 Å². The van der Waals surface area contributed by atoms with Crippen molar-refractivity contribution < 1.29 is 22.7 Å². The molecule has 1 rings (SSSR count). The van der Waals surface area contributed by atoms with Gasteiger partial charge in [-0.05, 0) is 24.6 Å². The highest BCUT2D eigenvalue weighted by Crippen LogP contribution is 2.23. The van der Waals surface area contributed by atoms with Gasteiger partial charge in [-0.2, -0.15) is 13.2 Å². The number of nitrogens with two attached hydrogens (primary N) is 1. The Labute approximate surface area is 95.5 Å². The Hall–Kier alpha value is -1.76. The van der Waals surface area contributed by atoms with Crippen LogP contribution in [0.5, 0.6) is 5.75 Å². The highest BCUT2D eigenvalue weighted by Gasteiger charge is 2.28. The van der Waals surface area contributed by atoms with Crippen molar-refractivity contribution >= 4 is 5.91 Å². The first-order chi connectivity index (χ1) is 7.83. The summed E-state index contributed by atoms with van der Waals surface area (Å²) in [7, 11) is 0. The van der Waals surface area contributed by atoms with Gasteiger partial charge in [0, 0.05) is 5.56 Å². The first kappa shape index (κ1) is 13.3. The van der Waals surface area contributed by atoms with Gasteiger partial charge in [0.25, 0.3) is 5.91 Å². The molecule has 0 aliphatic heterocycles. The lowest BCUT2D eigenvalue weighted by Gasteiger charge is -2.12. The fourth-order valence-electron chi connectivity index (χ4n) is 1.14. The molecule has 0 aliphatic rings. The van der Waals surface area contributed by atoms with Crippen LogP contribution in [-0.4, -0.2) is 18.7 Å². The quantitative estimate of drug-likeness (QED) is 0.484. The molecule has 0 saturated carbocycles. The molecule has 3 N–H and O–H groups in total. The summed E-state index contributed by atoms with van der Waals surface area (Å²) in [6.45, 7) is 0.178. The predicted molar refractivity (Wildman–Crippen MR) is 54.4 cm³/mol. The van der Waals surface area contributed by atoms with Crippen LogP contribution < -0.4 is 16.0 Å². The fraction of sp³-hybridized carbons (Fsp3) is 0.300. The Balaban J connectivity index is 2.87. The van der Waals surface area contributed by atoms with E-state index in [9.17, 15) is 18.0 Å². The van der Waals surface area contributed by atoms with Crippen LogP contribution in [-0.2, 0) is 0 Å². The minimum Gasteiger partial charge on any atom is -0.484 e. The average molecular weight is 248 g/mol. The number of nitrogen functional groups attached to an aromatic ring is 1. The minimum absolute atomic E-state index is 0.00317. The van der Waals surface area contributed by atoms with E-state index in [2.05, 4.69) is 4.74 Å². The summed E-state index contributed by atoms with van der Waals surface area (Å²) in [5.74, 6) is 4.32. The van der Waals surface area contributed by atoms with Crippen molar-refractivity contribution in [3.63, 3.8) is 0 Å². The third-order valence-electron chi connectivity index (χ3n) is 1.97. The van der Waals surface area contributed by atoms with Crippen molar-refractivity contribution in [1.82, 2.24) is 5.43 Å². The van der Waals surface area contributed by atoms with Gasteiger partial charge in [0.05, 0.1) is 0 Å². The Morgan fingerprint density at radius 1 is 1.47 bits per heavy atom. The number of rotatable bonds is 3. The SMILES string of the molecule is Cc1ccc(C(=O)NN)cc1OCC(F)(F)F. The maximum Gasteiger partial charge on any atom is 0.422 e. The maximum atomic E-state index is 12.0. The summed E-state index contributed by atoms with van der Waals surface area (Å²) in [6.07, 6.45) is -4.42. The first-order valence-corrected chi connectivity index (χ1v) is 4.64. The van der Waals surface area contributed by atoms with Gasteiger partial charge >= 0.3 is 6.18 Å². The van der Waals surface area contributed by atoms with Gasteiger partial charge in [0.1, 0.15) is 5.75 Å². The maximum absolute atomic E-state index is 12.0.